The number of aromatic nitrogens is 1. The van der Waals surface area contributed by atoms with Gasteiger partial charge in [-0.15, -0.1) is 11.3 Å². The molecule has 0 saturated carbocycles. The lowest BCUT2D eigenvalue weighted by atomic mass is 10.1. The molecule has 0 saturated heterocycles. The van der Waals surface area contributed by atoms with Crippen molar-refractivity contribution >= 4 is 28.6 Å². The molecule has 0 aliphatic carbocycles. The first-order chi connectivity index (χ1) is 9.49. The van der Waals surface area contributed by atoms with Crippen LogP contribution in [0.3, 0.4) is 0 Å². The van der Waals surface area contributed by atoms with E-state index < -0.39 is 0 Å². The summed E-state index contributed by atoms with van der Waals surface area (Å²) in [4.78, 5) is 19.2. The van der Waals surface area contributed by atoms with Crippen LogP contribution in [-0.4, -0.2) is 25.0 Å². The molecule has 2 rings (SSSR count). The fraction of sp³-hybridized carbons (Fsp3) is 0.286. The van der Waals surface area contributed by atoms with Crippen LogP contribution in [0.2, 0.25) is 0 Å². The standard InChI is InChI=1S/C14H18N4OS/c1-9-13(20-8-17-9)7-16-14(19)10-4-5-12(18(2)3)11(15)6-10/h4-6,8H,7,15H2,1-3H3,(H,16,19). The highest BCUT2D eigenvalue weighted by atomic mass is 32.1. The zero-order chi connectivity index (χ0) is 14.7. The Hall–Kier alpha value is -2.08. The highest BCUT2D eigenvalue weighted by molar-refractivity contribution is 7.09. The predicted molar refractivity (Wildman–Crippen MR) is 83.2 cm³/mol. The second-order valence-electron chi connectivity index (χ2n) is 4.71. The molecule has 0 radical (unpaired) electrons. The molecule has 6 heteroatoms. The lowest BCUT2D eigenvalue weighted by Gasteiger charge is -2.15. The Bertz CT molecular complexity index is 621. The van der Waals surface area contributed by atoms with Crippen molar-refractivity contribution in [2.24, 2.45) is 0 Å². The number of amides is 1. The van der Waals surface area contributed by atoms with Crippen LogP contribution in [0.4, 0.5) is 11.4 Å². The first kappa shape index (κ1) is 14.3. The topological polar surface area (TPSA) is 71.2 Å². The van der Waals surface area contributed by atoms with E-state index in [1.807, 2.05) is 32.0 Å². The Labute approximate surface area is 122 Å². The van der Waals surface area contributed by atoms with Crippen molar-refractivity contribution in [2.45, 2.75) is 13.5 Å². The van der Waals surface area contributed by atoms with Crippen LogP contribution < -0.4 is 16.0 Å². The fourth-order valence-electron chi connectivity index (χ4n) is 1.86. The quantitative estimate of drug-likeness (QED) is 0.845. The van der Waals surface area contributed by atoms with Crippen molar-refractivity contribution in [3.05, 3.63) is 39.8 Å². The van der Waals surface area contributed by atoms with Crippen molar-refractivity contribution in [1.29, 1.82) is 0 Å². The summed E-state index contributed by atoms with van der Waals surface area (Å²) in [5.41, 5.74) is 10.7. The third kappa shape index (κ3) is 3.08. The Morgan fingerprint density at radius 1 is 1.45 bits per heavy atom. The number of carbonyl (C=O) groups is 1. The first-order valence-corrected chi connectivity index (χ1v) is 7.11. The number of benzene rings is 1. The van der Waals surface area contributed by atoms with Crippen LogP contribution in [0, 0.1) is 6.92 Å². The minimum Gasteiger partial charge on any atom is -0.397 e. The summed E-state index contributed by atoms with van der Waals surface area (Å²) in [6.45, 7) is 2.42. The summed E-state index contributed by atoms with van der Waals surface area (Å²) < 4.78 is 0. The van der Waals surface area contributed by atoms with Crippen molar-refractivity contribution in [2.75, 3.05) is 24.7 Å². The summed E-state index contributed by atoms with van der Waals surface area (Å²) >= 11 is 1.54. The number of thiazole rings is 1. The summed E-state index contributed by atoms with van der Waals surface area (Å²) in [5, 5.41) is 2.88. The molecule has 0 aliphatic rings. The van der Waals surface area contributed by atoms with Gasteiger partial charge >= 0.3 is 0 Å². The molecule has 20 heavy (non-hydrogen) atoms. The van der Waals surface area contributed by atoms with Gasteiger partial charge in [-0.2, -0.15) is 0 Å². The average molecular weight is 290 g/mol. The lowest BCUT2D eigenvalue weighted by Crippen LogP contribution is -2.23. The molecule has 0 spiro atoms. The number of rotatable bonds is 4. The van der Waals surface area contributed by atoms with E-state index in [1.165, 1.54) is 11.3 Å². The van der Waals surface area contributed by atoms with Gasteiger partial charge in [-0.25, -0.2) is 4.98 Å². The van der Waals surface area contributed by atoms with Gasteiger partial charge < -0.3 is 16.0 Å². The Kier molecular flexibility index (Phi) is 4.24. The number of aryl methyl sites for hydroxylation is 1. The molecule has 0 bridgehead atoms. The Morgan fingerprint density at radius 2 is 2.20 bits per heavy atom. The van der Waals surface area contributed by atoms with Gasteiger partial charge in [0.05, 0.1) is 29.1 Å². The van der Waals surface area contributed by atoms with E-state index in [-0.39, 0.29) is 5.91 Å². The van der Waals surface area contributed by atoms with Crippen LogP contribution in [-0.2, 0) is 6.54 Å². The van der Waals surface area contributed by atoms with Gasteiger partial charge in [0.2, 0.25) is 0 Å². The summed E-state index contributed by atoms with van der Waals surface area (Å²) in [5.74, 6) is -0.130. The normalized spacial score (nSPS) is 10.3. The van der Waals surface area contributed by atoms with Crippen molar-refractivity contribution in [3.63, 3.8) is 0 Å². The lowest BCUT2D eigenvalue weighted by molar-refractivity contribution is 0.0951. The summed E-state index contributed by atoms with van der Waals surface area (Å²) in [6.07, 6.45) is 0. The maximum atomic E-state index is 12.1. The van der Waals surface area contributed by atoms with E-state index in [2.05, 4.69) is 10.3 Å². The molecule has 0 atom stereocenters. The molecule has 106 valence electrons. The number of carbonyl (C=O) groups excluding carboxylic acids is 1. The van der Waals surface area contributed by atoms with Crippen LogP contribution in [0.15, 0.2) is 23.7 Å². The highest BCUT2D eigenvalue weighted by Gasteiger charge is 2.10. The molecule has 0 fully saturated rings. The molecule has 0 unspecified atom stereocenters. The van der Waals surface area contributed by atoms with Crippen molar-refractivity contribution in [3.8, 4) is 0 Å². The molecule has 1 aromatic heterocycles. The SMILES string of the molecule is Cc1ncsc1CNC(=O)c1ccc(N(C)C)c(N)c1. The first-order valence-electron chi connectivity index (χ1n) is 6.23. The molecule has 2 aromatic rings. The molecular formula is C14H18N4OS. The number of hydrogen-bond donors (Lipinski definition) is 2. The molecule has 0 aliphatic heterocycles. The highest BCUT2D eigenvalue weighted by Crippen LogP contribution is 2.22. The van der Waals surface area contributed by atoms with Crippen LogP contribution in [0.25, 0.3) is 0 Å². The fourth-order valence-corrected chi connectivity index (χ4v) is 2.58. The van der Waals surface area contributed by atoms with Gasteiger partial charge in [-0.3, -0.25) is 4.79 Å². The van der Waals surface area contributed by atoms with E-state index in [0.717, 1.165) is 16.3 Å². The number of anilines is 2. The van der Waals surface area contributed by atoms with E-state index in [4.69, 9.17) is 5.73 Å². The van der Waals surface area contributed by atoms with E-state index in [1.54, 1.807) is 17.6 Å². The molecule has 5 nitrogen and oxygen atoms in total. The summed E-state index contributed by atoms with van der Waals surface area (Å²) in [6, 6.07) is 5.33. The third-order valence-corrected chi connectivity index (χ3v) is 3.96. The zero-order valence-electron chi connectivity index (χ0n) is 11.8. The Morgan fingerprint density at radius 3 is 2.75 bits per heavy atom. The zero-order valence-corrected chi connectivity index (χ0v) is 12.6. The van der Waals surface area contributed by atoms with Gasteiger partial charge in [-0.05, 0) is 25.1 Å². The maximum Gasteiger partial charge on any atom is 0.251 e. The number of nitrogens with two attached hydrogens (primary N) is 1. The maximum absolute atomic E-state index is 12.1. The minimum absolute atomic E-state index is 0.130. The van der Waals surface area contributed by atoms with Crippen LogP contribution in [0.5, 0.6) is 0 Å². The van der Waals surface area contributed by atoms with Crippen molar-refractivity contribution in [1.82, 2.24) is 10.3 Å². The number of nitrogens with zero attached hydrogens (tertiary/aromatic N) is 2. The van der Waals surface area contributed by atoms with Gasteiger partial charge in [0.25, 0.3) is 5.91 Å². The molecule has 1 aromatic carbocycles. The molecule has 1 heterocycles. The average Bonchev–Trinajstić information content (AvgIpc) is 2.81. The summed E-state index contributed by atoms with van der Waals surface area (Å²) in [7, 11) is 3.83. The van der Waals surface area contributed by atoms with Gasteiger partial charge in [-0.1, -0.05) is 0 Å². The van der Waals surface area contributed by atoms with E-state index in [0.29, 0.717) is 17.8 Å². The molecule has 1 amide bonds. The van der Waals surface area contributed by atoms with Gasteiger partial charge in [0.1, 0.15) is 0 Å². The third-order valence-electron chi connectivity index (χ3n) is 3.03. The monoisotopic (exact) mass is 290 g/mol. The Balaban J connectivity index is 2.06. The number of hydrogen-bond acceptors (Lipinski definition) is 5. The van der Waals surface area contributed by atoms with E-state index in [9.17, 15) is 4.79 Å². The number of nitrogens with one attached hydrogen (secondary N) is 1. The van der Waals surface area contributed by atoms with E-state index >= 15 is 0 Å². The second-order valence-corrected chi connectivity index (χ2v) is 5.65. The van der Waals surface area contributed by atoms with Crippen LogP contribution in [0.1, 0.15) is 20.9 Å². The number of nitrogen functional groups attached to an aromatic ring is 1. The smallest absolute Gasteiger partial charge is 0.251 e. The van der Waals surface area contributed by atoms with Crippen LogP contribution >= 0.6 is 11.3 Å². The van der Waals surface area contributed by atoms with Gasteiger partial charge in [0, 0.05) is 24.5 Å². The van der Waals surface area contributed by atoms with Crippen molar-refractivity contribution < 1.29 is 4.79 Å². The predicted octanol–water partition coefficient (Wildman–Crippen LogP) is 2.03. The molecular weight excluding hydrogens is 272 g/mol. The largest absolute Gasteiger partial charge is 0.397 e. The minimum atomic E-state index is -0.130. The molecule has 3 N–H and O–H groups in total. The van der Waals surface area contributed by atoms with Gasteiger partial charge in [0.15, 0.2) is 0 Å². The second kappa shape index (κ2) is 5.92.